The van der Waals surface area contributed by atoms with Gasteiger partial charge in [0, 0.05) is 30.6 Å². The molecule has 1 aromatic heterocycles. The van der Waals surface area contributed by atoms with Crippen LogP contribution in [-0.2, 0) is 11.3 Å². The van der Waals surface area contributed by atoms with E-state index in [1.807, 2.05) is 19.1 Å². The van der Waals surface area contributed by atoms with Gasteiger partial charge in [-0.2, -0.15) is 0 Å². The zero-order valence-corrected chi connectivity index (χ0v) is 12.7. The summed E-state index contributed by atoms with van der Waals surface area (Å²) in [4.78, 5) is 15.2. The quantitative estimate of drug-likeness (QED) is 0.907. The van der Waals surface area contributed by atoms with Crippen LogP contribution in [0.25, 0.3) is 10.9 Å². The van der Waals surface area contributed by atoms with Crippen LogP contribution in [0.5, 0.6) is 0 Å². The normalized spacial score (nSPS) is 18.5. The summed E-state index contributed by atoms with van der Waals surface area (Å²) in [5.41, 5.74) is 4.02. The Bertz CT molecular complexity index is 700. The van der Waals surface area contributed by atoms with E-state index < -0.39 is 0 Å². The summed E-state index contributed by atoms with van der Waals surface area (Å²) in [7, 11) is 0. The SMILES string of the molecule is Cc1ccc(C)c2[nH]c(=O)c(CNC[C@@H]3CCCO3)cc12. The lowest BCUT2D eigenvalue weighted by atomic mass is 10.0. The minimum atomic E-state index is -0.00367. The third-order valence-corrected chi connectivity index (χ3v) is 4.23. The number of hydrogen-bond acceptors (Lipinski definition) is 3. The number of H-pyrrole nitrogens is 1. The molecule has 1 saturated heterocycles. The van der Waals surface area contributed by atoms with Gasteiger partial charge in [0.15, 0.2) is 0 Å². The highest BCUT2D eigenvalue weighted by molar-refractivity contribution is 5.85. The van der Waals surface area contributed by atoms with Crippen molar-refractivity contribution in [1.82, 2.24) is 10.3 Å². The van der Waals surface area contributed by atoms with Gasteiger partial charge < -0.3 is 15.0 Å². The summed E-state index contributed by atoms with van der Waals surface area (Å²) in [5, 5.41) is 4.47. The zero-order valence-electron chi connectivity index (χ0n) is 12.7. The summed E-state index contributed by atoms with van der Waals surface area (Å²) in [5.74, 6) is 0. The van der Waals surface area contributed by atoms with Gasteiger partial charge in [0.2, 0.25) is 0 Å². The highest BCUT2D eigenvalue weighted by Gasteiger charge is 2.15. The molecule has 2 heterocycles. The van der Waals surface area contributed by atoms with Crippen molar-refractivity contribution in [2.75, 3.05) is 13.2 Å². The Morgan fingerprint density at radius 3 is 2.90 bits per heavy atom. The molecule has 0 saturated carbocycles. The van der Waals surface area contributed by atoms with Crippen molar-refractivity contribution >= 4 is 10.9 Å². The molecule has 1 fully saturated rings. The average Bonchev–Trinajstić information content (AvgIpc) is 2.97. The Morgan fingerprint density at radius 2 is 2.14 bits per heavy atom. The van der Waals surface area contributed by atoms with Crippen molar-refractivity contribution in [3.8, 4) is 0 Å². The van der Waals surface area contributed by atoms with Crippen LogP contribution in [0.1, 0.15) is 29.5 Å². The maximum atomic E-state index is 12.2. The van der Waals surface area contributed by atoms with Crippen LogP contribution < -0.4 is 10.9 Å². The Morgan fingerprint density at radius 1 is 1.33 bits per heavy atom. The molecule has 0 radical (unpaired) electrons. The van der Waals surface area contributed by atoms with Gasteiger partial charge >= 0.3 is 0 Å². The second kappa shape index (κ2) is 6.00. The number of aromatic amines is 1. The lowest BCUT2D eigenvalue weighted by molar-refractivity contribution is 0.110. The topological polar surface area (TPSA) is 54.1 Å². The van der Waals surface area contributed by atoms with Crippen molar-refractivity contribution < 1.29 is 4.74 Å². The number of hydrogen-bond donors (Lipinski definition) is 2. The molecule has 1 atom stereocenters. The van der Waals surface area contributed by atoms with Gasteiger partial charge in [-0.15, -0.1) is 0 Å². The predicted octanol–water partition coefficient (Wildman–Crippen LogP) is 2.41. The largest absolute Gasteiger partial charge is 0.377 e. The molecule has 0 unspecified atom stereocenters. The van der Waals surface area contributed by atoms with Crippen LogP contribution in [0.4, 0.5) is 0 Å². The maximum absolute atomic E-state index is 12.2. The molecule has 0 amide bonds. The van der Waals surface area contributed by atoms with Crippen molar-refractivity contribution in [1.29, 1.82) is 0 Å². The summed E-state index contributed by atoms with van der Waals surface area (Å²) in [6, 6.07) is 6.15. The first kappa shape index (κ1) is 14.3. The molecule has 4 heteroatoms. The fourth-order valence-electron chi connectivity index (χ4n) is 2.92. The third-order valence-electron chi connectivity index (χ3n) is 4.23. The van der Waals surface area contributed by atoms with Crippen LogP contribution in [0, 0.1) is 13.8 Å². The van der Waals surface area contributed by atoms with E-state index in [0.717, 1.165) is 48.0 Å². The molecular weight excluding hydrogens is 264 g/mol. The number of aryl methyl sites for hydroxylation is 2. The first-order valence-corrected chi connectivity index (χ1v) is 7.59. The number of nitrogens with one attached hydrogen (secondary N) is 2. The van der Waals surface area contributed by atoms with Gasteiger partial charge in [-0.05, 0) is 43.9 Å². The predicted molar refractivity (Wildman–Crippen MR) is 84.7 cm³/mol. The molecule has 2 aromatic rings. The summed E-state index contributed by atoms with van der Waals surface area (Å²) >= 11 is 0. The molecule has 2 N–H and O–H groups in total. The molecular formula is C17H22N2O2. The molecule has 1 aromatic carbocycles. The summed E-state index contributed by atoms with van der Waals surface area (Å²) in [6.45, 7) is 6.35. The lowest BCUT2D eigenvalue weighted by Crippen LogP contribution is -2.28. The van der Waals surface area contributed by atoms with E-state index in [1.165, 1.54) is 5.56 Å². The number of fused-ring (bicyclic) bond motifs is 1. The molecule has 0 aliphatic carbocycles. The molecule has 21 heavy (non-hydrogen) atoms. The molecule has 3 rings (SSSR count). The van der Waals surface area contributed by atoms with Gasteiger partial charge in [-0.1, -0.05) is 12.1 Å². The summed E-state index contributed by atoms with van der Waals surface area (Å²) in [6.07, 6.45) is 2.55. The highest BCUT2D eigenvalue weighted by Crippen LogP contribution is 2.19. The Hall–Kier alpha value is -1.65. The Kier molecular flexibility index (Phi) is 4.08. The summed E-state index contributed by atoms with van der Waals surface area (Å²) < 4.78 is 5.58. The van der Waals surface area contributed by atoms with Crippen LogP contribution in [0.2, 0.25) is 0 Å². The highest BCUT2D eigenvalue weighted by atomic mass is 16.5. The molecule has 112 valence electrons. The van der Waals surface area contributed by atoms with E-state index in [-0.39, 0.29) is 5.56 Å². The van der Waals surface area contributed by atoms with Gasteiger partial charge in [0.05, 0.1) is 11.6 Å². The first-order chi connectivity index (χ1) is 10.1. The second-order valence-electron chi connectivity index (χ2n) is 5.88. The Labute approximate surface area is 124 Å². The van der Waals surface area contributed by atoms with E-state index in [0.29, 0.717) is 12.6 Å². The van der Waals surface area contributed by atoms with Gasteiger partial charge in [-0.25, -0.2) is 0 Å². The molecule has 4 nitrogen and oxygen atoms in total. The van der Waals surface area contributed by atoms with E-state index in [9.17, 15) is 4.79 Å². The fraction of sp³-hybridized carbons (Fsp3) is 0.471. The monoisotopic (exact) mass is 286 g/mol. The third kappa shape index (κ3) is 3.01. The number of pyridine rings is 1. The second-order valence-corrected chi connectivity index (χ2v) is 5.88. The lowest BCUT2D eigenvalue weighted by Gasteiger charge is -2.11. The van der Waals surface area contributed by atoms with Crippen LogP contribution in [0.15, 0.2) is 23.0 Å². The zero-order chi connectivity index (χ0) is 14.8. The van der Waals surface area contributed by atoms with Crippen molar-refractivity contribution in [2.24, 2.45) is 0 Å². The molecule has 1 aliphatic rings. The molecule has 0 bridgehead atoms. The van der Waals surface area contributed by atoms with E-state index in [2.05, 4.69) is 23.3 Å². The maximum Gasteiger partial charge on any atom is 0.252 e. The number of aromatic nitrogens is 1. The van der Waals surface area contributed by atoms with E-state index in [4.69, 9.17) is 4.74 Å². The smallest absolute Gasteiger partial charge is 0.252 e. The first-order valence-electron chi connectivity index (χ1n) is 7.59. The fourth-order valence-corrected chi connectivity index (χ4v) is 2.92. The van der Waals surface area contributed by atoms with Crippen molar-refractivity contribution in [3.63, 3.8) is 0 Å². The molecule has 1 aliphatic heterocycles. The van der Waals surface area contributed by atoms with Gasteiger partial charge in [-0.3, -0.25) is 4.79 Å². The van der Waals surface area contributed by atoms with Crippen LogP contribution in [-0.4, -0.2) is 24.2 Å². The minimum Gasteiger partial charge on any atom is -0.377 e. The average molecular weight is 286 g/mol. The number of ether oxygens (including phenoxy) is 1. The van der Waals surface area contributed by atoms with Gasteiger partial charge in [0.25, 0.3) is 5.56 Å². The Balaban J connectivity index is 1.80. The number of benzene rings is 1. The van der Waals surface area contributed by atoms with E-state index in [1.54, 1.807) is 0 Å². The molecule has 0 spiro atoms. The minimum absolute atomic E-state index is 0.00367. The van der Waals surface area contributed by atoms with Crippen molar-refractivity contribution in [3.05, 3.63) is 45.2 Å². The number of rotatable bonds is 4. The van der Waals surface area contributed by atoms with Crippen molar-refractivity contribution in [2.45, 2.75) is 39.3 Å². The standard InChI is InChI=1S/C17H22N2O2/c1-11-5-6-12(2)16-15(11)8-13(17(20)19-16)9-18-10-14-4-3-7-21-14/h5-6,8,14,18H,3-4,7,9-10H2,1-2H3,(H,19,20)/t14-/m0/s1. The van der Waals surface area contributed by atoms with Crippen LogP contribution in [0.3, 0.4) is 0 Å². The van der Waals surface area contributed by atoms with Crippen LogP contribution >= 0.6 is 0 Å². The van der Waals surface area contributed by atoms with E-state index >= 15 is 0 Å². The van der Waals surface area contributed by atoms with Gasteiger partial charge in [0.1, 0.15) is 0 Å².